The number of rotatable bonds is 3. The molecular formula is C24H22N2OS. The average Bonchev–Trinajstić information content (AvgIpc) is 3.47. The monoisotopic (exact) mass is 386 g/mol. The molecular weight excluding hydrogens is 364 g/mol. The summed E-state index contributed by atoms with van der Waals surface area (Å²) in [5.74, 6) is 1.09. The molecule has 1 heterocycles. The molecule has 0 saturated heterocycles. The Bertz CT molecular complexity index is 1050. The molecule has 0 spiro atoms. The number of fused-ring (bicyclic) bond motifs is 1. The van der Waals surface area contributed by atoms with Crippen LogP contribution in [0.5, 0.6) is 0 Å². The number of nitrogens with zero attached hydrogens (tertiary/aromatic N) is 1. The predicted molar refractivity (Wildman–Crippen MR) is 112 cm³/mol. The highest BCUT2D eigenvalue weighted by Crippen LogP contribution is 2.61. The van der Waals surface area contributed by atoms with Crippen LogP contribution in [0.3, 0.4) is 0 Å². The van der Waals surface area contributed by atoms with Crippen molar-refractivity contribution < 1.29 is 4.79 Å². The van der Waals surface area contributed by atoms with Gasteiger partial charge >= 0.3 is 0 Å². The molecule has 4 aliphatic rings. The Kier molecular flexibility index (Phi) is 3.40. The van der Waals surface area contributed by atoms with Crippen LogP contribution < -0.4 is 5.32 Å². The van der Waals surface area contributed by atoms with Crippen LogP contribution in [0, 0.1) is 5.41 Å². The number of anilines is 1. The topological polar surface area (TPSA) is 42.0 Å². The molecule has 28 heavy (non-hydrogen) atoms. The van der Waals surface area contributed by atoms with Crippen LogP contribution in [-0.2, 0) is 4.79 Å². The molecule has 4 heteroatoms. The molecule has 1 atom stereocenters. The number of aromatic nitrogens is 1. The predicted octanol–water partition coefficient (Wildman–Crippen LogP) is 5.65. The summed E-state index contributed by atoms with van der Waals surface area (Å²) in [5, 5.41) is 6.02. The summed E-state index contributed by atoms with van der Waals surface area (Å²) in [6.07, 6.45) is 3.30. The Morgan fingerprint density at radius 2 is 1.64 bits per heavy atom. The van der Waals surface area contributed by atoms with Crippen molar-refractivity contribution in [3.8, 4) is 0 Å². The average molecular weight is 387 g/mol. The second kappa shape index (κ2) is 5.77. The first-order valence-corrected chi connectivity index (χ1v) is 11.0. The lowest BCUT2D eigenvalue weighted by Crippen LogP contribution is -2.47. The van der Waals surface area contributed by atoms with Gasteiger partial charge in [0, 0.05) is 23.1 Å². The third-order valence-electron chi connectivity index (χ3n) is 6.89. The van der Waals surface area contributed by atoms with Crippen LogP contribution in [0.2, 0.25) is 0 Å². The number of thiazole rings is 1. The maximum absolute atomic E-state index is 13.5. The van der Waals surface area contributed by atoms with Crippen molar-refractivity contribution in [2.24, 2.45) is 5.41 Å². The fourth-order valence-electron chi connectivity index (χ4n) is 5.34. The van der Waals surface area contributed by atoms with Gasteiger partial charge in [-0.15, -0.1) is 11.3 Å². The first kappa shape index (κ1) is 16.5. The first-order chi connectivity index (χ1) is 13.6. The fourth-order valence-corrected chi connectivity index (χ4v) is 6.13. The minimum Gasteiger partial charge on any atom is -0.301 e. The zero-order valence-corrected chi connectivity index (χ0v) is 16.6. The van der Waals surface area contributed by atoms with Crippen molar-refractivity contribution in [1.82, 2.24) is 4.98 Å². The summed E-state index contributed by atoms with van der Waals surface area (Å²) >= 11 is 1.56. The molecule has 0 aliphatic heterocycles. The Morgan fingerprint density at radius 1 is 1.04 bits per heavy atom. The van der Waals surface area contributed by atoms with E-state index in [0.29, 0.717) is 5.92 Å². The van der Waals surface area contributed by atoms with E-state index in [0.717, 1.165) is 17.2 Å². The van der Waals surface area contributed by atoms with E-state index in [-0.39, 0.29) is 17.7 Å². The minimum absolute atomic E-state index is 0.0905. The van der Waals surface area contributed by atoms with E-state index >= 15 is 0 Å². The van der Waals surface area contributed by atoms with Gasteiger partial charge in [-0.2, -0.15) is 0 Å². The van der Waals surface area contributed by atoms with E-state index in [4.69, 9.17) is 0 Å². The van der Waals surface area contributed by atoms with E-state index in [1.165, 1.54) is 35.1 Å². The van der Waals surface area contributed by atoms with Crippen molar-refractivity contribution in [2.45, 2.75) is 43.9 Å². The molecule has 2 aromatic carbocycles. The van der Waals surface area contributed by atoms with Gasteiger partial charge in [0.2, 0.25) is 5.91 Å². The van der Waals surface area contributed by atoms with Crippen molar-refractivity contribution >= 4 is 22.4 Å². The molecule has 7 rings (SSSR count). The second-order valence-corrected chi connectivity index (χ2v) is 9.53. The molecule has 0 radical (unpaired) electrons. The standard InChI is InChI=1S/C24H22N2OS/c1-24(22(27)26-23-25-20(13-28-23)14-10-11-14)12-19-15-6-2-4-8-17(15)21(24)18-9-5-3-7-16(18)19/h2-9,13-14,19,21H,10-12H2,1H3,(H,25,26,27). The van der Waals surface area contributed by atoms with Crippen molar-refractivity contribution in [2.75, 3.05) is 5.32 Å². The molecule has 140 valence electrons. The van der Waals surface area contributed by atoms with Crippen LogP contribution >= 0.6 is 11.3 Å². The van der Waals surface area contributed by atoms with Gasteiger partial charge in [0.05, 0.1) is 11.1 Å². The summed E-state index contributed by atoms with van der Waals surface area (Å²) < 4.78 is 0. The van der Waals surface area contributed by atoms with Crippen molar-refractivity contribution in [3.63, 3.8) is 0 Å². The second-order valence-electron chi connectivity index (χ2n) is 8.67. The van der Waals surface area contributed by atoms with E-state index in [1.807, 2.05) is 0 Å². The summed E-state index contributed by atoms with van der Waals surface area (Å²) in [4.78, 5) is 18.2. The van der Waals surface area contributed by atoms with E-state index in [2.05, 4.69) is 71.1 Å². The molecule has 4 aliphatic carbocycles. The maximum Gasteiger partial charge on any atom is 0.233 e. The molecule has 1 saturated carbocycles. The van der Waals surface area contributed by atoms with Gasteiger partial charge in [-0.3, -0.25) is 4.79 Å². The maximum atomic E-state index is 13.5. The summed E-state index contributed by atoms with van der Waals surface area (Å²) in [6, 6.07) is 17.3. The lowest BCUT2D eigenvalue weighted by Gasteiger charge is -2.50. The van der Waals surface area contributed by atoms with Crippen LogP contribution in [-0.4, -0.2) is 10.9 Å². The Morgan fingerprint density at radius 3 is 2.25 bits per heavy atom. The third-order valence-corrected chi connectivity index (χ3v) is 7.66. The van der Waals surface area contributed by atoms with Gasteiger partial charge in [-0.05, 0) is 48.4 Å². The highest BCUT2D eigenvalue weighted by atomic mass is 32.1. The van der Waals surface area contributed by atoms with Gasteiger partial charge in [-0.1, -0.05) is 48.5 Å². The van der Waals surface area contributed by atoms with Crippen LogP contribution in [0.25, 0.3) is 0 Å². The lowest BCUT2D eigenvalue weighted by atomic mass is 9.52. The first-order valence-electron chi connectivity index (χ1n) is 10.1. The highest BCUT2D eigenvalue weighted by molar-refractivity contribution is 7.13. The Balaban J connectivity index is 1.40. The van der Waals surface area contributed by atoms with E-state index < -0.39 is 5.41 Å². The highest BCUT2D eigenvalue weighted by Gasteiger charge is 2.54. The summed E-state index contributed by atoms with van der Waals surface area (Å²) in [5.41, 5.74) is 6.08. The normalized spacial score (nSPS) is 27.2. The van der Waals surface area contributed by atoms with Gasteiger partial charge in [0.25, 0.3) is 0 Å². The van der Waals surface area contributed by atoms with Crippen LogP contribution in [0.4, 0.5) is 5.13 Å². The zero-order chi connectivity index (χ0) is 18.9. The zero-order valence-electron chi connectivity index (χ0n) is 15.8. The smallest absolute Gasteiger partial charge is 0.233 e. The van der Waals surface area contributed by atoms with Gasteiger partial charge in [0.1, 0.15) is 0 Å². The molecule has 1 N–H and O–H groups in total. The molecule has 3 aromatic rings. The molecule has 2 bridgehead atoms. The number of benzene rings is 2. The SMILES string of the molecule is CC1(C(=O)Nc2nc(C3CC3)cs2)CC2c3ccccc3C1c1ccccc12. The molecule has 1 aromatic heterocycles. The molecule has 1 amide bonds. The van der Waals surface area contributed by atoms with Gasteiger partial charge in [-0.25, -0.2) is 4.98 Å². The lowest BCUT2D eigenvalue weighted by molar-refractivity contribution is -0.126. The van der Waals surface area contributed by atoms with Gasteiger partial charge in [0.15, 0.2) is 5.13 Å². The molecule has 1 fully saturated rings. The number of hydrogen-bond donors (Lipinski definition) is 1. The minimum atomic E-state index is -0.473. The largest absolute Gasteiger partial charge is 0.301 e. The van der Waals surface area contributed by atoms with Gasteiger partial charge < -0.3 is 5.32 Å². The summed E-state index contributed by atoms with van der Waals surface area (Å²) in [7, 11) is 0. The van der Waals surface area contributed by atoms with E-state index in [9.17, 15) is 4.79 Å². The fraction of sp³-hybridized carbons (Fsp3) is 0.333. The number of carbonyl (C=O) groups is 1. The van der Waals surface area contributed by atoms with E-state index in [1.54, 1.807) is 11.3 Å². The van der Waals surface area contributed by atoms with Crippen LogP contribution in [0.1, 0.15) is 71.9 Å². The third kappa shape index (κ3) is 2.27. The quantitative estimate of drug-likeness (QED) is 0.632. The van der Waals surface area contributed by atoms with Crippen molar-refractivity contribution in [3.05, 3.63) is 81.9 Å². The molecule has 3 nitrogen and oxygen atoms in total. The van der Waals surface area contributed by atoms with Crippen molar-refractivity contribution in [1.29, 1.82) is 0 Å². The molecule has 1 unspecified atom stereocenters. The Hall–Kier alpha value is -2.46. The number of amides is 1. The summed E-state index contributed by atoms with van der Waals surface area (Å²) in [6.45, 7) is 2.14. The number of nitrogens with one attached hydrogen (secondary N) is 1. The number of carbonyl (C=O) groups excluding carboxylic acids is 1. The Labute approximate surface area is 168 Å². The number of hydrogen-bond acceptors (Lipinski definition) is 3. The van der Waals surface area contributed by atoms with Crippen LogP contribution in [0.15, 0.2) is 53.9 Å².